The van der Waals surface area contributed by atoms with E-state index in [1.54, 1.807) is 18.2 Å². The minimum Gasteiger partial charge on any atom is -0.207 e. The van der Waals surface area contributed by atoms with Crippen LogP contribution in [0, 0.1) is 11.7 Å². The van der Waals surface area contributed by atoms with E-state index < -0.39 is 0 Å². The summed E-state index contributed by atoms with van der Waals surface area (Å²) in [5.74, 6) is 0.479. The Morgan fingerprint density at radius 2 is 1.80 bits per heavy atom. The molecule has 0 amide bonds. The summed E-state index contributed by atoms with van der Waals surface area (Å²) >= 11 is 18.1. The van der Waals surface area contributed by atoms with Gasteiger partial charge in [0.2, 0.25) is 0 Å². The van der Waals surface area contributed by atoms with Crippen molar-refractivity contribution in [2.24, 2.45) is 5.92 Å². The van der Waals surface area contributed by atoms with E-state index in [-0.39, 0.29) is 11.7 Å². The summed E-state index contributed by atoms with van der Waals surface area (Å²) in [6.45, 7) is 0. The largest absolute Gasteiger partial charge is 0.207 e. The molecule has 0 aliphatic rings. The molecule has 0 nitrogen and oxygen atoms in total. The Morgan fingerprint density at radius 3 is 2.45 bits per heavy atom. The molecule has 0 aliphatic carbocycles. The predicted octanol–water partition coefficient (Wildman–Crippen LogP) is 5.77. The molecule has 4 heteroatoms. The number of alkyl halides is 1. The number of hydrogen-bond donors (Lipinski definition) is 0. The summed E-state index contributed by atoms with van der Waals surface area (Å²) in [5, 5.41) is 1.26. The van der Waals surface area contributed by atoms with Crippen LogP contribution in [0.25, 0.3) is 0 Å². The van der Waals surface area contributed by atoms with Crippen molar-refractivity contribution in [2.75, 3.05) is 5.88 Å². The second-order valence-corrected chi connectivity index (χ2v) is 5.95. The first-order chi connectivity index (χ1) is 9.58. The first kappa shape index (κ1) is 15.6. The standard InChI is InChI=1S/C16H14Cl3F/c17-10-12(6-11-2-1-3-15(20)8-11)7-13-4-5-14(18)9-16(13)19/h1-5,8-9,12H,6-7,10H2. The van der Waals surface area contributed by atoms with Gasteiger partial charge in [0.1, 0.15) is 5.82 Å². The van der Waals surface area contributed by atoms with Crippen molar-refractivity contribution in [3.63, 3.8) is 0 Å². The maximum Gasteiger partial charge on any atom is 0.123 e. The molecule has 106 valence electrons. The second kappa shape index (κ2) is 7.31. The lowest BCUT2D eigenvalue weighted by atomic mass is 9.94. The monoisotopic (exact) mass is 330 g/mol. The van der Waals surface area contributed by atoms with Gasteiger partial charge < -0.3 is 0 Å². The molecule has 2 aromatic carbocycles. The summed E-state index contributed by atoms with van der Waals surface area (Å²) in [6.07, 6.45) is 1.47. The van der Waals surface area contributed by atoms with Gasteiger partial charge in [0.25, 0.3) is 0 Å². The van der Waals surface area contributed by atoms with Gasteiger partial charge in [0.05, 0.1) is 0 Å². The molecule has 2 rings (SSSR count). The van der Waals surface area contributed by atoms with Crippen LogP contribution in [0.15, 0.2) is 42.5 Å². The zero-order chi connectivity index (χ0) is 14.5. The lowest BCUT2D eigenvalue weighted by molar-refractivity contribution is 0.576. The van der Waals surface area contributed by atoms with Gasteiger partial charge in [-0.05, 0) is 54.2 Å². The van der Waals surface area contributed by atoms with Crippen LogP contribution < -0.4 is 0 Å². The molecule has 0 N–H and O–H groups in total. The van der Waals surface area contributed by atoms with Gasteiger partial charge in [-0.2, -0.15) is 0 Å². The average molecular weight is 332 g/mol. The summed E-state index contributed by atoms with van der Waals surface area (Å²) < 4.78 is 13.2. The smallest absolute Gasteiger partial charge is 0.123 e. The van der Waals surface area contributed by atoms with Crippen molar-refractivity contribution in [3.05, 3.63) is 69.5 Å². The summed E-state index contributed by atoms with van der Waals surface area (Å²) in [5.41, 5.74) is 1.96. The van der Waals surface area contributed by atoms with Crippen LogP contribution >= 0.6 is 34.8 Å². The number of benzene rings is 2. The summed E-state index contributed by atoms with van der Waals surface area (Å²) in [7, 11) is 0. The predicted molar refractivity (Wildman–Crippen MR) is 84.5 cm³/mol. The molecule has 0 aromatic heterocycles. The minimum atomic E-state index is -0.222. The Kier molecular flexibility index (Phi) is 5.71. The molecular formula is C16H14Cl3F. The van der Waals surface area contributed by atoms with Gasteiger partial charge in [0.15, 0.2) is 0 Å². The van der Waals surface area contributed by atoms with Crippen LogP contribution in [-0.4, -0.2) is 5.88 Å². The van der Waals surface area contributed by atoms with Crippen LogP contribution in [0.3, 0.4) is 0 Å². The fourth-order valence-electron chi connectivity index (χ4n) is 2.18. The molecule has 1 unspecified atom stereocenters. The Hall–Kier alpha value is -0.760. The summed E-state index contributed by atoms with van der Waals surface area (Å²) in [4.78, 5) is 0. The van der Waals surface area contributed by atoms with Crippen molar-refractivity contribution in [3.8, 4) is 0 Å². The highest BCUT2D eigenvalue weighted by molar-refractivity contribution is 6.35. The molecule has 0 saturated carbocycles. The lowest BCUT2D eigenvalue weighted by Crippen LogP contribution is -2.10. The van der Waals surface area contributed by atoms with Crippen molar-refractivity contribution >= 4 is 34.8 Å². The van der Waals surface area contributed by atoms with E-state index >= 15 is 0 Å². The molecule has 0 saturated heterocycles. The van der Waals surface area contributed by atoms with E-state index in [9.17, 15) is 4.39 Å². The van der Waals surface area contributed by atoms with Gasteiger partial charge in [-0.25, -0.2) is 4.39 Å². The first-order valence-corrected chi connectivity index (χ1v) is 7.62. The molecule has 0 radical (unpaired) electrons. The Bertz CT molecular complexity index is 584. The van der Waals surface area contributed by atoms with Crippen LogP contribution in [-0.2, 0) is 12.8 Å². The Labute approximate surface area is 133 Å². The van der Waals surface area contributed by atoms with Crippen LogP contribution in [0.2, 0.25) is 10.0 Å². The highest BCUT2D eigenvalue weighted by Crippen LogP contribution is 2.25. The van der Waals surface area contributed by atoms with E-state index in [1.165, 1.54) is 6.07 Å². The maximum absolute atomic E-state index is 13.2. The third-order valence-electron chi connectivity index (χ3n) is 3.16. The maximum atomic E-state index is 13.2. The number of rotatable bonds is 5. The zero-order valence-corrected chi connectivity index (χ0v) is 13.0. The van der Waals surface area contributed by atoms with Crippen molar-refractivity contribution in [1.82, 2.24) is 0 Å². The zero-order valence-electron chi connectivity index (χ0n) is 10.8. The quantitative estimate of drug-likeness (QED) is 0.610. The van der Waals surface area contributed by atoms with E-state index in [4.69, 9.17) is 34.8 Å². The van der Waals surface area contributed by atoms with Crippen LogP contribution in [0.5, 0.6) is 0 Å². The molecule has 1 atom stereocenters. The first-order valence-electron chi connectivity index (χ1n) is 6.33. The average Bonchev–Trinajstić information content (AvgIpc) is 2.41. The normalized spacial score (nSPS) is 12.4. The molecule has 2 aromatic rings. The third-order valence-corrected chi connectivity index (χ3v) is 4.18. The molecule has 0 spiro atoms. The lowest BCUT2D eigenvalue weighted by Gasteiger charge is -2.15. The molecular weight excluding hydrogens is 318 g/mol. The van der Waals surface area contributed by atoms with Gasteiger partial charge in [-0.15, -0.1) is 11.6 Å². The Morgan fingerprint density at radius 1 is 1.00 bits per heavy atom. The van der Waals surface area contributed by atoms with Crippen LogP contribution in [0.1, 0.15) is 11.1 Å². The topological polar surface area (TPSA) is 0 Å². The fraction of sp³-hybridized carbons (Fsp3) is 0.250. The third kappa shape index (κ3) is 4.37. The van der Waals surface area contributed by atoms with Crippen molar-refractivity contribution in [2.45, 2.75) is 12.8 Å². The van der Waals surface area contributed by atoms with Gasteiger partial charge >= 0.3 is 0 Å². The minimum absolute atomic E-state index is 0.206. The number of hydrogen-bond acceptors (Lipinski definition) is 0. The summed E-state index contributed by atoms with van der Waals surface area (Å²) in [6, 6.07) is 12.1. The van der Waals surface area contributed by atoms with Crippen molar-refractivity contribution in [1.29, 1.82) is 0 Å². The van der Waals surface area contributed by atoms with Gasteiger partial charge in [-0.3, -0.25) is 0 Å². The second-order valence-electron chi connectivity index (χ2n) is 4.79. The van der Waals surface area contributed by atoms with Crippen LogP contribution in [0.4, 0.5) is 4.39 Å². The molecule has 0 aliphatic heterocycles. The fourth-order valence-corrected chi connectivity index (χ4v) is 2.88. The molecule has 0 heterocycles. The van der Waals surface area contributed by atoms with Crippen molar-refractivity contribution < 1.29 is 4.39 Å². The van der Waals surface area contributed by atoms with E-state index in [1.807, 2.05) is 18.2 Å². The highest BCUT2D eigenvalue weighted by Gasteiger charge is 2.12. The van der Waals surface area contributed by atoms with E-state index in [0.29, 0.717) is 15.9 Å². The number of halogens is 4. The van der Waals surface area contributed by atoms with Gasteiger partial charge in [-0.1, -0.05) is 41.4 Å². The Balaban J connectivity index is 2.09. The molecule has 0 fully saturated rings. The SMILES string of the molecule is Fc1cccc(CC(CCl)Cc2ccc(Cl)cc2Cl)c1. The van der Waals surface area contributed by atoms with Gasteiger partial charge in [0, 0.05) is 15.9 Å². The molecule has 20 heavy (non-hydrogen) atoms. The molecule has 0 bridgehead atoms. The highest BCUT2D eigenvalue weighted by atomic mass is 35.5. The van der Waals surface area contributed by atoms with E-state index in [0.717, 1.165) is 24.0 Å². The van der Waals surface area contributed by atoms with E-state index in [2.05, 4.69) is 0 Å².